The summed E-state index contributed by atoms with van der Waals surface area (Å²) in [7, 11) is 4.54. The van der Waals surface area contributed by atoms with Crippen LogP contribution in [0.4, 0.5) is 4.39 Å². The largest absolute Gasteiger partial charge is 0.497 e. The van der Waals surface area contributed by atoms with Crippen molar-refractivity contribution in [1.82, 2.24) is 5.32 Å². The number of rotatable bonds is 8. The van der Waals surface area contributed by atoms with Gasteiger partial charge in [-0.2, -0.15) is 0 Å². The van der Waals surface area contributed by atoms with Crippen LogP contribution < -0.4 is 19.5 Å². The highest BCUT2D eigenvalue weighted by molar-refractivity contribution is 5.41. The van der Waals surface area contributed by atoms with E-state index in [0.717, 1.165) is 5.56 Å². The Bertz CT molecular complexity index is 678. The molecule has 2 rings (SSSR count). The van der Waals surface area contributed by atoms with Gasteiger partial charge in [-0.05, 0) is 35.9 Å². The van der Waals surface area contributed by atoms with Crippen LogP contribution in [0.5, 0.6) is 17.2 Å². The van der Waals surface area contributed by atoms with E-state index >= 15 is 0 Å². The molecule has 0 heterocycles. The minimum Gasteiger partial charge on any atom is -0.497 e. The van der Waals surface area contributed by atoms with Crippen LogP contribution in [-0.2, 0) is 6.54 Å². The topological polar surface area (TPSA) is 60.0 Å². The van der Waals surface area contributed by atoms with E-state index in [4.69, 9.17) is 14.2 Å². The summed E-state index contributed by atoms with van der Waals surface area (Å²) in [5.74, 6) is 1.02. The zero-order valence-electron chi connectivity index (χ0n) is 14.0. The van der Waals surface area contributed by atoms with Gasteiger partial charge in [-0.3, -0.25) is 0 Å². The Kier molecular flexibility index (Phi) is 6.40. The molecule has 130 valence electrons. The van der Waals surface area contributed by atoms with Crippen LogP contribution in [0.25, 0.3) is 0 Å². The maximum Gasteiger partial charge on any atom is 0.165 e. The zero-order valence-corrected chi connectivity index (χ0v) is 14.0. The van der Waals surface area contributed by atoms with E-state index in [1.807, 2.05) is 0 Å². The zero-order chi connectivity index (χ0) is 17.5. The molecule has 6 heteroatoms. The summed E-state index contributed by atoms with van der Waals surface area (Å²) in [6.07, 6.45) is -0.779. The molecule has 0 saturated heterocycles. The number of halogens is 1. The van der Waals surface area contributed by atoms with Crippen LogP contribution in [0.2, 0.25) is 0 Å². The fraction of sp³-hybridized carbons (Fsp3) is 0.333. The molecule has 0 aliphatic carbocycles. The molecule has 0 aliphatic rings. The van der Waals surface area contributed by atoms with Crippen LogP contribution in [0.15, 0.2) is 36.4 Å². The fourth-order valence-corrected chi connectivity index (χ4v) is 2.38. The maximum atomic E-state index is 13.7. The van der Waals surface area contributed by atoms with E-state index in [-0.39, 0.29) is 12.3 Å². The molecule has 24 heavy (non-hydrogen) atoms. The van der Waals surface area contributed by atoms with E-state index in [9.17, 15) is 9.50 Å². The van der Waals surface area contributed by atoms with Gasteiger partial charge in [0.2, 0.25) is 0 Å². The van der Waals surface area contributed by atoms with E-state index in [0.29, 0.717) is 23.6 Å². The minimum absolute atomic E-state index is 0.208. The van der Waals surface area contributed by atoms with Crippen LogP contribution in [0, 0.1) is 5.82 Å². The lowest BCUT2D eigenvalue weighted by molar-refractivity contribution is 0.169. The van der Waals surface area contributed by atoms with E-state index in [1.165, 1.54) is 13.2 Å². The predicted molar refractivity (Wildman–Crippen MR) is 89.2 cm³/mol. The highest BCUT2D eigenvalue weighted by Crippen LogP contribution is 2.29. The molecule has 0 radical (unpaired) electrons. The van der Waals surface area contributed by atoms with Crippen LogP contribution in [0.1, 0.15) is 17.2 Å². The normalized spacial score (nSPS) is 11.9. The highest BCUT2D eigenvalue weighted by Gasteiger charge is 2.14. The Labute approximate surface area is 141 Å². The van der Waals surface area contributed by atoms with Crippen molar-refractivity contribution in [1.29, 1.82) is 0 Å². The number of hydrogen-bond donors (Lipinski definition) is 2. The summed E-state index contributed by atoms with van der Waals surface area (Å²) < 4.78 is 29.0. The number of aliphatic hydroxyl groups excluding tert-OH is 1. The standard InChI is InChI=1S/C18H22FNO4/c1-22-13-5-7-17(23-2)14(9-13)16(21)11-20-10-12-4-6-18(24-3)15(19)8-12/h4-9,16,20-21H,10-11H2,1-3H3. The van der Waals surface area contributed by atoms with Crippen molar-refractivity contribution in [3.63, 3.8) is 0 Å². The Morgan fingerprint density at radius 1 is 1.00 bits per heavy atom. The first kappa shape index (κ1) is 18.0. The first-order valence-corrected chi connectivity index (χ1v) is 7.52. The lowest BCUT2D eigenvalue weighted by Gasteiger charge is -2.16. The quantitative estimate of drug-likeness (QED) is 0.777. The van der Waals surface area contributed by atoms with Crippen molar-refractivity contribution >= 4 is 0 Å². The Hall–Kier alpha value is -2.31. The number of methoxy groups -OCH3 is 3. The van der Waals surface area contributed by atoms with Crippen molar-refractivity contribution in [3.8, 4) is 17.2 Å². The molecule has 5 nitrogen and oxygen atoms in total. The van der Waals surface area contributed by atoms with Crippen molar-refractivity contribution in [3.05, 3.63) is 53.3 Å². The van der Waals surface area contributed by atoms with Gasteiger partial charge in [-0.1, -0.05) is 6.07 Å². The van der Waals surface area contributed by atoms with E-state index in [1.54, 1.807) is 44.6 Å². The number of ether oxygens (including phenoxy) is 3. The second-order valence-electron chi connectivity index (χ2n) is 5.22. The molecular weight excluding hydrogens is 313 g/mol. The van der Waals surface area contributed by atoms with E-state index in [2.05, 4.69) is 5.32 Å². The van der Waals surface area contributed by atoms with Gasteiger partial charge in [0, 0.05) is 18.7 Å². The Morgan fingerprint density at radius 3 is 2.33 bits per heavy atom. The summed E-state index contributed by atoms with van der Waals surface area (Å²) in [5, 5.41) is 13.5. The first-order valence-electron chi connectivity index (χ1n) is 7.52. The fourth-order valence-electron chi connectivity index (χ4n) is 2.38. The van der Waals surface area contributed by atoms with Gasteiger partial charge in [-0.25, -0.2) is 4.39 Å². The summed E-state index contributed by atoms with van der Waals surface area (Å²) >= 11 is 0. The molecule has 0 saturated carbocycles. The average molecular weight is 335 g/mol. The summed E-state index contributed by atoms with van der Waals surface area (Å²) in [6, 6.07) is 10.0. The first-order chi connectivity index (χ1) is 11.6. The van der Waals surface area contributed by atoms with Gasteiger partial charge in [0.25, 0.3) is 0 Å². The molecule has 0 amide bonds. The Morgan fingerprint density at radius 2 is 1.71 bits per heavy atom. The highest BCUT2D eigenvalue weighted by atomic mass is 19.1. The summed E-state index contributed by atoms with van der Waals surface area (Å²) in [5.41, 5.74) is 1.39. The number of nitrogens with one attached hydrogen (secondary N) is 1. The molecule has 1 unspecified atom stereocenters. The third kappa shape index (κ3) is 4.37. The third-order valence-electron chi connectivity index (χ3n) is 3.68. The number of aliphatic hydroxyl groups is 1. The molecule has 0 aromatic heterocycles. The third-order valence-corrected chi connectivity index (χ3v) is 3.68. The van der Waals surface area contributed by atoms with Gasteiger partial charge >= 0.3 is 0 Å². The van der Waals surface area contributed by atoms with Crippen molar-refractivity contribution in [2.45, 2.75) is 12.6 Å². The monoisotopic (exact) mass is 335 g/mol. The van der Waals surface area contributed by atoms with Gasteiger partial charge in [-0.15, -0.1) is 0 Å². The lowest BCUT2D eigenvalue weighted by Crippen LogP contribution is -2.21. The van der Waals surface area contributed by atoms with E-state index < -0.39 is 11.9 Å². The Balaban J connectivity index is 1.98. The molecule has 2 N–H and O–H groups in total. The smallest absolute Gasteiger partial charge is 0.165 e. The number of hydrogen-bond acceptors (Lipinski definition) is 5. The lowest BCUT2D eigenvalue weighted by atomic mass is 10.1. The van der Waals surface area contributed by atoms with Gasteiger partial charge in [0.05, 0.1) is 27.4 Å². The van der Waals surface area contributed by atoms with Gasteiger partial charge in [0.1, 0.15) is 11.5 Å². The molecule has 0 aliphatic heterocycles. The van der Waals surface area contributed by atoms with Crippen LogP contribution in [0.3, 0.4) is 0 Å². The summed E-state index contributed by atoms with van der Waals surface area (Å²) in [4.78, 5) is 0. The van der Waals surface area contributed by atoms with Gasteiger partial charge < -0.3 is 24.6 Å². The number of benzene rings is 2. The molecule has 0 fully saturated rings. The maximum absolute atomic E-state index is 13.7. The second-order valence-corrected chi connectivity index (χ2v) is 5.22. The molecule has 2 aromatic rings. The molecule has 1 atom stereocenters. The minimum atomic E-state index is -0.779. The molecular formula is C18H22FNO4. The molecule has 0 spiro atoms. The van der Waals surface area contributed by atoms with Crippen LogP contribution in [-0.4, -0.2) is 33.0 Å². The molecule has 0 bridgehead atoms. The van der Waals surface area contributed by atoms with Crippen LogP contribution >= 0.6 is 0 Å². The summed E-state index contributed by atoms with van der Waals surface area (Å²) in [6.45, 7) is 0.710. The van der Waals surface area contributed by atoms with Crippen molar-refractivity contribution in [2.24, 2.45) is 0 Å². The van der Waals surface area contributed by atoms with Crippen molar-refractivity contribution < 1.29 is 23.7 Å². The van der Waals surface area contributed by atoms with Crippen molar-refractivity contribution in [2.75, 3.05) is 27.9 Å². The average Bonchev–Trinajstić information content (AvgIpc) is 2.61. The SMILES string of the molecule is COc1ccc(OC)c(C(O)CNCc2ccc(OC)c(F)c2)c1. The second kappa shape index (κ2) is 8.52. The predicted octanol–water partition coefficient (Wildman–Crippen LogP) is 2.67. The van der Waals surface area contributed by atoms with Gasteiger partial charge in [0.15, 0.2) is 11.6 Å². The molecule has 2 aromatic carbocycles.